The van der Waals surface area contributed by atoms with Gasteiger partial charge < -0.3 is 20.8 Å². The van der Waals surface area contributed by atoms with E-state index in [0.717, 1.165) is 4.70 Å². The first-order chi connectivity index (χ1) is 18.0. The van der Waals surface area contributed by atoms with Gasteiger partial charge in [-0.15, -0.1) is 11.3 Å². The van der Waals surface area contributed by atoms with Crippen molar-refractivity contribution in [2.24, 2.45) is 5.92 Å². The lowest BCUT2D eigenvalue weighted by Crippen LogP contribution is -2.49. The van der Waals surface area contributed by atoms with Gasteiger partial charge >= 0.3 is 21.7 Å². The van der Waals surface area contributed by atoms with Crippen LogP contribution in [0.3, 0.4) is 0 Å². The summed E-state index contributed by atoms with van der Waals surface area (Å²) in [6.07, 6.45) is -6.71. The van der Waals surface area contributed by atoms with Gasteiger partial charge in [-0.05, 0) is 31.9 Å². The molecule has 0 spiro atoms. The zero-order valence-corrected chi connectivity index (χ0v) is 21.6. The Labute approximate surface area is 221 Å². The summed E-state index contributed by atoms with van der Waals surface area (Å²) in [7, 11) is -5.68. The highest BCUT2D eigenvalue weighted by molar-refractivity contribution is 7.90. The van der Waals surface area contributed by atoms with Crippen LogP contribution in [0, 0.1) is 12.8 Å². The van der Waals surface area contributed by atoms with Crippen LogP contribution < -0.4 is 15.4 Å². The highest BCUT2D eigenvalue weighted by Gasteiger charge is 2.50. The second kappa shape index (κ2) is 10.3. The number of para-hydroxylation sites is 1. The van der Waals surface area contributed by atoms with Gasteiger partial charge in [0, 0.05) is 12.5 Å². The molecule has 3 unspecified atom stereocenters. The number of hydrogen-bond donors (Lipinski definition) is 5. The van der Waals surface area contributed by atoms with Crippen LogP contribution >= 0.6 is 11.3 Å². The molecular formula is C21H22F6N6O4S2. The van der Waals surface area contributed by atoms with E-state index in [1.807, 2.05) is 5.32 Å². The quantitative estimate of drug-likeness (QED) is 0.194. The molecule has 1 fully saturated rings. The van der Waals surface area contributed by atoms with Crippen molar-refractivity contribution in [3.8, 4) is 10.6 Å². The van der Waals surface area contributed by atoms with Crippen LogP contribution in [0.15, 0.2) is 24.3 Å². The summed E-state index contributed by atoms with van der Waals surface area (Å²) < 4.78 is 101. The van der Waals surface area contributed by atoms with Crippen LogP contribution in [-0.2, 0) is 10.0 Å². The molecule has 39 heavy (non-hydrogen) atoms. The molecule has 2 heterocycles. The number of alkyl halides is 6. The number of nitrogens with one attached hydrogen (secondary N) is 3. The van der Waals surface area contributed by atoms with Crippen molar-refractivity contribution in [3.63, 3.8) is 0 Å². The van der Waals surface area contributed by atoms with Crippen molar-refractivity contribution in [1.82, 2.24) is 19.7 Å². The highest BCUT2D eigenvalue weighted by Crippen LogP contribution is 2.41. The zero-order valence-electron chi connectivity index (χ0n) is 19.9. The maximum absolute atomic E-state index is 12.8. The Kier molecular flexibility index (Phi) is 7.71. The van der Waals surface area contributed by atoms with Crippen LogP contribution in [0.5, 0.6) is 0 Å². The summed E-state index contributed by atoms with van der Waals surface area (Å²) in [6.45, 7) is -0.795. The number of rotatable bonds is 8. The number of nitrogens with zero attached hydrogens (tertiary/aromatic N) is 3. The van der Waals surface area contributed by atoms with E-state index >= 15 is 0 Å². The Balaban J connectivity index is 1.66. The average molecular weight is 601 g/mol. The number of fused-ring (bicyclic) bond motifs is 1. The summed E-state index contributed by atoms with van der Waals surface area (Å²) in [6, 6.07) is 7.06. The van der Waals surface area contributed by atoms with Crippen molar-refractivity contribution in [1.29, 1.82) is 0 Å². The molecule has 1 aromatic carbocycles. The van der Waals surface area contributed by atoms with Gasteiger partial charge in [0.1, 0.15) is 23.5 Å². The lowest BCUT2D eigenvalue weighted by molar-refractivity contribution is -0.115. The van der Waals surface area contributed by atoms with E-state index in [9.17, 15) is 45.0 Å². The van der Waals surface area contributed by atoms with Crippen molar-refractivity contribution in [2.75, 3.05) is 23.7 Å². The normalized spacial score (nSPS) is 22.4. The Morgan fingerprint density at radius 1 is 1.13 bits per heavy atom. The van der Waals surface area contributed by atoms with Crippen molar-refractivity contribution >= 4 is 43.3 Å². The van der Waals surface area contributed by atoms with Crippen LogP contribution in [0.25, 0.3) is 20.8 Å². The molecule has 4 rings (SSSR count). The number of thiazole rings is 1. The van der Waals surface area contributed by atoms with Gasteiger partial charge in [0.25, 0.3) is 0 Å². The molecule has 5 N–H and O–H groups in total. The third kappa shape index (κ3) is 6.34. The second-order valence-electron chi connectivity index (χ2n) is 8.90. The van der Waals surface area contributed by atoms with Crippen LogP contribution in [0.1, 0.15) is 18.5 Å². The van der Waals surface area contributed by atoms with Gasteiger partial charge in [0.05, 0.1) is 21.5 Å². The van der Waals surface area contributed by atoms with Crippen molar-refractivity contribution < 1.29 is 45.0 Å². The third-order valence-electron chi connectivity index (χ3n) is 6.05. The number of aliphatic hydroxyl groups excluding tert-OH is 1. The minimum atomic E-state index is -5.68. The van der Waals surface area contributed by atoms with Gasteiger partial charge in [-0.25, -0.2) is 23.1 Å². The SMILES string of the molecule is Cc1nc(NCC(F)(F)F)nc(NC2(O)CCC(CNS(=O)(=O)C(F)(F)F)C2O)c1-c1nc2ccccc2s1. The molecule has 3 aromatic rings. The fourth-order valence-electron chi connectivity index (χ4n) is 4.11. The molecule has 214 valence electrons. The average Bonchev–Trinajstić information content (AvgIpc) is 3.36. The number of hydrogen-bond acceptors (Lipinski definition) is 10. The fraction of sp³-hybridized carbons (Fsp3) is 0.476. The maximum atomic E-state index is 12.8. The van der Waals surface area contributed by atoms with Crippen molar-refractivity contribution in [3.05, 3.63) is 30.0 Å². The number of sulfonamides is 1. The molecule has 0 radical (unpaired) electrons. The number of anilines is 2. The molecule has 0 bridgehead atoms. The molecule has 18 heteroatoms. The molecule has 10 nitrogen and oxygen atoms in total. The summed E-state index contributed by atoms with van der Waals surface area (Å²) >= 11 is 1.21. The number of halogens is 6. The number of aliphatic hydroxyl groups is 2. The maximum Gasteiger partial charge on any atom is 0.511 e. The van der Waals surface area contributed by atoms with Gasteiger partial charge in [0.2, 0.25) is 5.95 Å². The van der Waals surface area contributed by atoms with E-state index in [1.165, 1.54) is 23.0 Å². The highest BCUT2D eigenvalue weighted by atomic mass is 32.2. The number of aryl methyl sites for hydroxylation is 1. The van der Waals surface area contributed by atoms with Crippen molar-refractivity contribution in [2.45, 2.75) is 43.3 Å². The molecule has 1 aliphatic carbocycles. The lowest BCUT2D eigenvalue weighted by atomic mass is 10.0. The van der Waals surface area contributed by atoms with Gasteiger partial charge in [-0.2, -0.15) is 31.3 Å². The van der Waals surface area contributed by atoms with Crippen LogP contribution in [-0.4, -0.2) is 70.2 Å². The van der Waals surface area contributed by atoms with E-state index in [2.05, 4.69) is 20.3 Å². The van der Waals surface area contributed by atoms with E-state index in [1.54, 1.807) is 24.3 Å². The predicted molar refractivity (Wildman–Crippen MR) is 130 cm³/mol. The predicted octanol–water partition coefficient (Wildman–Crippen LogP) is 3.35. The van der Waals surface area contributed by atoms with Gasteiger partial charge in [0.15, 0.2) is 5.72 Å². The van der Waals surface area contributed by atoms with Crippen LogP contribution in [0.4, 0.5) is 38.1 Å². The molecule has 0 amide bonds. The number of benzene rings is 1. The first-order valence-corrected chi connectivity index (χ1v) is 13.6. The Bertz CT molecular complexity index is 1430. The summed E-state index contributed by atoms with van der Waals surface area (Å²) in [4.78, 5) is 12.6. The topological polar surface area (TPSA) is 149 Å². The Morgan fingerprint density at radius 3 is 2.46 bits per heavy atom. The minimum Gasteiger partial charge on any atom is -0.388 e. The number of aromatic nitrogens is 3. The smallest absolute Gasteiger partial charge is 0.388 e. The molecule has 1 saturated carbocycles. The van der Waals surface area contributed by atoms with E-state index in [0.29, 0.717) is 10.5 Å². The van der Waals surface area contributed by atoms with Gasteiger partial charge in [-0.3, -0.25) is 0 Å². The fourth-order valence-corrected chi connectivity index (χ4v) is 5.77. The molecule has 0 saturated heterocycles. The summed E-state index contributed by atoms with van der Waals surface area (Å²) in [5.41, 5.74) is -6.77. The lowest BCUT2D eigenvalue weighted by Gasteiger charge is -2.31. The molecule has 1 aliphatic rings. The Hall–Kier alpha value is -2.80. The third-order valence-corrected chi connectivity index (χ3v) is 8.26. The molecular weight excluding hydrogens is 578 g/mol. The largest absolute Gasteiger partial charge is 0.511 e. The van der Waals surface area contributed by atoms with Crippen LogP contribution in [0.2, 0.25) is 0 Å². The monoisotopic (exact) mass is 600 g/mol. The summed E-state index contributed by atoms with van der Waals surface area (Å²) in [5.74, 6) is -1.76. The van der Waals surface area contributed by atoms with Gasteiger partial charge in [-0.1, -0.05) is 12.1 Å². The zero-order chi connectivity index (χ0) is 28.8. The Morgan fingerprint density at radius 2 is 1.82 bits per heavy atom. The minimum absolute atomic E-state index is 0.0925. The van der Waals surface area contributed by atoms with E-state index < -0.39 is 58.5 Å². The molecule has 2 aromatic heterocycles. The molecule has 3 atom stereocenters. The standard InChI is InChI=1S/C21H22F6N6O4S2/c1-10-14(17-31-12-4-2-3-5-13(12)38-17)16(32-18(30-10)28-9-20(22,23)24)33-19(35)7-6-11(15(19)34)8-29-39(36,37)21(25,26)27/h2-5,11,15,29,34-35H,6-9H2,1H3,(H2,28,30,32,33). The van der Waals surface area contributed by atoms with E-state index in [4.69, 9.17) is 0 Å². The molecule has 0 aliphatic heterocycles. The first kappa shape index (κ1) is 29.2. The van der Waals surface area contributed by atoms with E-state index in [-0.39, 0.29) is 29.9 Å². The summed E-state index contributed by atoms with van der Waals surface area (Å²) in [5, 5.41) is 26.9. The first-order valence-electron chi connectivity index (χ1n) is 11.3. The second-order valence-corrected chi connectivity index (χ2v) is 11.7.